The molecule has 98 valence electrons. The first-order chi connectivity index (χ1) is 8.56. The van der Waals surface area contributed by atoms with Gasteiger partial charge in [-0.1, -0.05) is 60.6 Å². The van der Waals surface area contributed by atoms with E-state index in [4.69, 9.17) is 34.8 Å². The Hall–Kier alpha value is -0.770. The molecule has 0 aliphatic rings. The van der Waals surface area contributed by atoms with Crippen molar-refractivity contribution in [2.24, 2.45) is 5.11 Å². The highest BCUT2D eigenvalue weighted by molar-refractivity contribution is 6.40. The minimum absolute atomic E-state index is 0.0999. The molecule has 0 N–H and O–H groups in total. The first kappa shape index (κ1) is 15.3. The van der Waals surface area contributed by atoms with Crippen molar-refractivity contribution < 1.29 is 4.86 Å². The summed E-state index contributed by atoms with van der Waals surface area (Å²) in [6.07, 6.45) is 6.32. The monoisotopic (exact) mass is 306 g/mol. The number of allylic oxidation sites excluding steroid dienone is 1. The highest BCUT2D eigenvalue weighted by Gasteiger charge is 2.16. The van der Waals surface area contributed by atoms with E-state index in [9.17, 15) is 5.21 Å². The van der Waals surface area contributed by atoms with Gasteiger partial charge in [-0.25, -0.2) is 0 Å². The molecule has 0 radical (unpaired) electrons. The summed E-state index contributed by atoms with van der Waals surface area (Å²) in [7, 11) is 0. The zero-order valence-electron chi connectivity index (χ0n) is 9.87. The zero-order chi connectivity index (χ0) is 13.5. The lowest BCUT2D eigenvalue weighted by Crippen LogP contribution is -1.92. The van der Waals surface area contributed by atoms with E-state index in [-0.39, 0.29) is 15.7 Å². The van der Waals surface area contributed by atoms with Crippen molar-refractivity contribution in [1.82, 2.24) is 0 Å². The summed E-state index contributed by atoms with van der Waals surface area (Å²) in [6.45, 7) is 2.10. The Balaban J connectivity index is 2.87. The number of halogens is 3. The maximum absolute atomic E-state index is 11.7. The summed E-state index contributed by atoms with van der Waals surface area (Å²) >= 11 is 17.5. The lowest BCUT2D eigenvalue weighted by Gasteiger charge is -2.03. The lowest BCUT2D eigenvalue weighted by atomic mass is 10.2. The van der Waals surface area contributed by atoms with Gasteiger partial charge in [-0.2, -0.15) is 0 Å². The number of hydrogen-bond donors (Lipinski definition) is 0. The van der Waals surface area contributed by atoms with Gasteiger partial charge >= 0.3 is 0 Å². The second-order valence-electron chi connectivity index (χ2n) is 3.63. The fraction of sp³-hybridized carbons (Fsp3) is 0.333. The molecule has 0 amide bonds. The summed E-state index contributed by atoms with van der Waals surface area (Å²) in [5.74, 6) is 0. The molecule has 1 aromatic carbocycles. The summed E-state index contributed by atoms with van der Waals surface area (Å²) in [5.41, 5.74) is 0.0999. The number of azo groups is 1. The SMILES string of the molecule is CCCC/C=C/N=[N+]([O-])c1c(Cl)cc(Cl)cc1Cl. The predicted molar refractivity (Wildman–Crippen MR) is 75.9 cm³/mol. The van der Waals surface area contributed by atoms with Crippen LogP contribution in [-0.2, 0) is 0 Å². The second kappa shape index (κ2) is 7.62. The van der Waals surface area contributed by atoms with E-state index in [1.807, 2.05) is 6.08 Å². The van der Waals surface area contributed by atoms with Gasteiger partial charge in [-0.3, -0.25) is 0 Å². The van der Waals surface area contributed by atoms with Crippen LogP contribution in [0.2, 0.25) is 15.1 Å². The van der Waals surface area contributed by atoms with Crippen molar-refractivity contribution >= 4 is 40.5 Å². The molecule has 1 aromatic rings. The highest BCUT2D eigenvalue weighted by atomic mass is 35.5. The van der Waals surface area contributed by atoms with Crippen LogP contribution in [0.4, 0.5) is 5.69 Å². The normalized spacial score (nSPS) is 12.3. The first-order valence-corrected chi connectivity index (χ1v) is 6.67. The Bertz CT molecular complexity index is 449. The van der Waals surface area contributed by atoms with Gasteiger partial charge in [0, 0.05) is 10.1 Å². The zero-order valence-corrected chi connectivity index (χ0v) is 12.1. The van der Waals surface area contributed by atoms with E-state index in [1.54, 1.807) is 0 Å². The van der Waals surface area contributed by atoms with Gasteiger partial charge in [0.1, 0.15) is 10.0 Å². The third kappa shape index (κ3) is 4.48. The molecule has 6 heteroatoms. The number of benzene rings is 1. The van der Waals surface area contributed by atoms with Crippen LogP contribution in [0.1, 0.15) is 26.2 Å². The fourth-order valence-corrected chi connectivity index (χ4v) is 2.24. The van der Waals surface area contributed by atoms with Crippen molar-refractivity contribution in [1.29, 1.82) is 0 Å². The van der Waals surface area contributed by atoms with E-state index >= 15 is 0 Å². The molecule has 0 heterocycles. The smallest absolute Gasteiger partial charge is 0.281 e. The Morgan fingerprint density at radius 1 is 1.28 bits per heavy atom. The van der Waals surface area contributed by atoms with Crippen LogP contribution in [0.3, 0.4) is 0 Å². The maximum Gasteiger partial charge on any atom is 0.281 e. The van der Waals surface area contributed by atoms with Crippen molar-refractivity contribution in [2.45, 2.75) is 26.2 Å². The van der Waals surface area contributed by atoms with Gasteiger partial charge in [0.25, 0.3) is 5.69 Å². The first-order valence-electron chi connectivity index (χ1n) is 5.53. The standard InChI is InChI=1S/C12H13Cl3N2O/c1-2-3-4-5-6-16-17(18)12-10(14)7-9(13)8-11(12)15/h5-8H,2-4H2,1H3/b6-5+,17-16?. The van der Waals surface area contributed by atoms with Crippen LogP contribution in [0.15, 0.2) is 29.5 Å². The van der Waals surface area contributed by atoms with Crippen molar-refractivity contribution in [3.05, 3.63) is 44.7 Å². The molecular formula is C12H13Cl3N2O. The van der Waals surface area contributed by atoms with Crippen LogP contribution in [0, 0.1) is 5.21 Å². The summed E-state index contributed by atoms with van der Waals surface area (Å²) < 4.78 is 0. The Kier molecular flexibility index (Phi) is 6.47. The van der Waals surface area contributed by atoms with Gasteiger partial charge in [0.2, 0.25) is 0 Å². The molecule has 0 aromatic heterocycles. The molecule has 0 bridgehead atoms. The molecule has 0 saturated heterocycles. The number of unbranched alkanes of at least 4 members (excludes halogenated alkanes) is 2. The largest absolute Gasteiger partial charge is 0.594 e. The van der Waals surface area contributed by atoms with E-state index in [1.165, 1.54) is 18.3 Å². The molecule has 18 heavy (non-hydrogen) atoms. The topological polar surface area (TPSA) is 38.4 Å². The second-order valence-corrected chi connectivity index (χ2v) is 4.88. The summed E-state index contributed by atoms with van der Waals surface area (Å²) in [6, 6.07) is 2.90. The molecule has 0 unspecified atom stereocenters. The third-order valence-electron chi connectivity index (χ3n) is 2.17. The fourth-order valence-electron chi connectivity index (χ4n) is 1.28. The average molecular weight is 308 g/mol. The van der Waals surface area contributed by atoms with E-state index in [0.717, 1.165) is 19.3 Å². The molecule has 0 saturated carbocycles. The van der Waals surface area contributed by atoms with E-state index in [0.29, 0.717) is 9.88 Å². The highest BCUT2D eigenvalue weighted by Crippen LogP contribution is 2.35. The molecule has 0 fully saturated rings. The van der Waals surface area contributed by atoms with Gasteiger partial charge in [-0.15, -0.1) is 0 Å². The number of rotatable bonds is 5. The molecule has 1 rings (SSSR count). The molecule has 3 nitrogen and oxygen atoms in total. The molecule has 0 aliphatic carbocycles. The minimum atomic E-state index is 0.0999. The molecular weight excluding hydrogens is 295 g/mol. The van der Waals surface area contributed by atoms with Crippen LogP contribution >= 0.6 is 34.8 Å². The van der Waals surface area contributed by atoms with Crippen LogP contribution in [0.25, 0.3) is 0 Å². The Labute approximate surface area is 121 Å². The number of hydrogen-bond acceptors (Lipinski definition) is 2. The quantitative estimate of drug-likeness (QED) is 0.287. The van der Waals surface area contributed by atoms with Gasteiger partial charge in [-0.05, 0) is 23.4 Å². The van der Waals surface area contributed by atoms with Crippen molar-refractivity contribution in [3.63, 3.8) is 0 Å². The van der Waals surface area contributed by atoms with Crippen molar-refractivity contribution in [3.8, 4) is 0 Å². The molecule has 0 atom stereocenters. The van der Waals surface area contributed by atoms with E-state index in [2.05, 4.69) is 12.0 Å². The van der Waals surface area contributed by atoms with Crippen LogP contribution in [-0.4, -0.2) is 4.86 Å². The van der Waals surface area contributed by atoms with Gasteiger partial charge in [0.15, 0.2) is 0 Å². The summed E-state index contributed by atoms with van der Waals surface area (Å²) in [5, 5.41) is 16.1. The number of nitrogens with zero attached hydrogens (tertiary/aromatic N) is 2. The van der Waals surface area contributed by atoms with Gasteiger partial charge in [0.05, 0.1) is 6.20 Å². The third-order valence-corrected chi connectivity index (χ3v) is 2.97. The van der Waals surface area contributed by atoms with Crippen LogP contribution in [0.5, 0.6) is 0 Å². The van der Waals surface area contributed by atoms with E-state index < -0.39 is 0 Å². The van der Waals surface area contributed by atoms with Gasteiger partial charge < -0.3 is 5.21 Å². The maximum atomic E-state index is 11.7. The Morgan fingerprint density at radius 2 is 1.89 bits per heavy atom. The van der Waals surface area contributed by atoms with Crippen LogP contribution < -0.4 is 0 Å². The predicted octanol–water partition coefficient (Wildman–Crippen LogP) is 5.94. The Morgan fingerprint density at radius 3 is 2.44 bits per heavy atom. The minimum Gasteiger partial charge on any atom is -0.594 e. The average Bonchev–Trinajstić information content (AvgIpc) is 2.27. The van der Waals surface area contributed by atoms with Crippen molar-refractivity contribution in [2.75, 3.05) is 0 Å². The molecule has 0 aliphatic heterocycles. The lowest BCUT2D eigenvalue weighted by molar-refractivity contribution is -0.436. The summed E-state index contributed by atoms with van der Waals surface area (Å²) in [4.78, 5) is 0.392. The molecule has 0 spiro atoms.